The second kappa shape index (κ2) is 5.75. The number of hydrogen-bond acceptors (Lipinski definition) is 3. The van der Waals surface area contributed by atoms with Gasteiger partial charge in [0.05, 0.1) is 0 Å². The van der Waals surface area contributed by atoms with Crippen molar-refractivity contribution in [2.45, 2.75) is 32.2 Å². The number of rotatable bonds is 3. The van der Waals surface area contributed by atoms with E-state index in [9.17, 15) is 0 Å². The van der Waals surface area contributed by atoms with E-state index in [-0.39, 0.29) is 0 Å². The van der Waals surface area contributed by atoms with Crippen LogP contribution in [-0.2, 0) is 7.05 Å². The Bertz CT molecular complexity index is 552. The standard InChI is InChI=1S/C16H22N4/c1-13(20-10-4-3-5-11-20)14-6-8-15(9-7-14)16-17-12-19(2)18-16/h6-9,12-13H,3-5,10-11H2,1-2H3/t13-/m1/s1. The smallest absolute Gasteiger partial charge is 0.181 e. The van der Waals surface area contributed by atoms with Crippen LogP contribution >= 0.6 is 0 Å². The Morgan fingerprint density at radius 1 is 1.05 bits per heavy atom. The van der Waals surface area contributed by atoms with Crippen LogP contribution < -0.4 is 0 Å². The molecule has 2 aromatic rings. The van der Waals surface area contributed by atoms with E-state index in [1.165, 1.54) is 37.9 Å². The van der Waals surface area contributed by atoms with Crippen molar-refractivity contribution in [2.24, 2.45) is 7.05 Å². The van der Waals surface area contributed by atoms with Gasteiger partial charge in [-0.2, -0.15) is 5.10 Å². The molecule has 106 valence electrons. The van der Waals surface area contributed by atoms with Crippen molar-refractivity contribution in [1.82, 2.24) is 19.7 Å². The Hall–Kier alpha value is -1.68. The van der Waals surface area contributed by atoms with Gasteiger partial charge in [0.1, 0.15) is 6.33 Å². The van der Waals surface area contributed by atoms with Crippen molar-refractivity contribution in [1.29, 1.82) is 0 Å². The van der Waals surface area contributed by atoms with Crippen molar-refractivity contribution in [2.75, 3.05) is 13.1 Å². The molecule has 4 nitrogen and oxygen atoms in total. The highest BCUT2D eigenvalue weighted by Gasteiger charge is 2.18. The van der Waals surface area contributed by atoms with E-state index in [0.29, 0.717) is 6.04 Å². The molecule has 0 aliphatic carbocycles. The highest BCUT2D eigenvalue weighted by Crippen LogP contribution is 2.25. The minimum Gasteiger partial charge on any atom is -0.297 e. The molecule has 0 saturated carbocycles. The molecule has 0 radical (unpaired) electrons. The lowest BCUT2D eigenvalue weighted by atomic mass is 10.0. The second-order valence-corrected chi connectivity index (χ2v) is 5.64. The van der Waals surface area contributed by atoms with Gasteiger partial charge >= 0.3 is 0 Å². The number of aromatic nitrogens is 3. The normalized spacial score (nSPS) is 18.1. The molecule has 2 heterocycles. The SMILES string of the molecule is C[C@H](c1ccc(-c2ncn(C)n2)cc1)N1CCCCC1. The molecule has 20 heavy (non-hydrogen) atoms. The first-order valence-electron chi connectivity index (χ1n) is 7.44. The molecule has 3 rings (SSSR count). The van der Waals surface area contributed by atoms with Crippen LogP contribution in [0.5, 0.6) is 0 Å². The van der Waals surface area contributed by atoms with Crippen LogP contribution in [-0.4, -0.2) is 32.8 Å². The van der Waals surface area contributed by atoms with E-state index in [4.69, 9.17) is 0 Å². The predicted octanol–water partition coefficient (Wildman–Crippen LogP) is 3.03. The van der Waals surface area contributed by atoms with Crippen molar-refractivity contribution in [3.63, 3.8) is 0 Å². The molecule has 1 aromatic heterocycles. The van der Waals surface area contributed by atoms with Gasteiger partial charge in [0.25, 0.3) is 0 Å². The molecule has 1 fully saturated rings. The van der Waals surface area contributed by atoms with Gasteiger partial charge < -0.3 is 0 Å². The third-order valence-corrected chi connectivity index (χ3v) is 4.19. The van der Waals surface area contributed by atoms with Gasteiger partial charge in [-0.3, -0.25) is 9.58 Å². The molecule has 0 spiro atoms. The quantitative estimate of drug-likeness (QED) is 0.859. The summed E-state index contributed by atoms with van der Waals surface area (Å²) in [6.45, 7) is 4.76. The number of likely N-dealkylation sites (tertiary alicyclic amines) is 1. The first-order chi connectivity index (χ1) is 9.74. The average Bonchev–Trinajstić information content (AvgIpc) is 2.94. The number of piperidine rings is 1. The van der Waals surface area contributed by atoms with E-state index in [1.54, 1.807) is 11.0 Å². The zero-order chi connectivity index (χ0) is 13.9. The van der Waals surface area contributed by atoms with Crippen LogP contribution in [0, 0.1) is 0 Å². The fourth-order valence-corrected chi connectivity index (χ4v) is 2.90. The molecule has 1 aliphatic rings. The van der Waals surface area contributed by atoms with E-state index < -0.39 is 0 Å². The summed E-state index contributed by atoms with van der Waals surface area (Å²) in [5.41, 5.74) is 2.46. The molecular weight excluding hydrogens is 248 g/mol. The number of nitrogens with zero attached hydrogens (tertiary/aromatic N) is 4. The number of hydrogen-bond donors (Lipinski definition) is 0. The molecule has 0 unspecified atom stereocenters. The number of benzene rings is 1. The second-order valence-electron chi connectivity index (χ2n) is 5.64. The summed E-state index contributed by atoms with van der Waals surface area (Å²) < 4.78 is 1.74. The maximum atomic E-state index is 4.34. The third kappa shape index (κ3) is 2.75. The van der Waals surface area contributed by atoms with E-state index in [0.717, 1.165) is 11.4 Å². The fraction of sp³-hybridized carbons (Fsp3) is 0.500. The van der Waals surface area contributed by atoms with E-state index in [2.05, 4.69) is 46.2 Å². The maximum Gasteiger partial charge on any atom is 0.181 e. The molecule has 0 amide bonds. The molecule has 0 N–H and O–H groups in total. The summed E-state index contributed by atoms with van der Waals surface area (Å²) >= 11 is 0. The first kappa shape index (κ1) is 13.3. The van der Waals surface area contributed by atoms with Gasteiger partial charge in [0, 0.05) is 18.7 Å². The highest BCUT2D eigenvalue weighted by molar-refractivity contribution is 5.54. The van der Waals surface area contributed by atoms with E-state index >= 15 is 0 Å². The van der Waals surface area contributed by atoms with E-state index in [1.807, 2.05) is 7.05 Å². The lowest BCUT2D eigenvalue weighted by Gasteiger charge is -2.32. The largest absolute Gasteiger partial charge is 0.297 e. The minimum absolute atomic E-state index is 0.501. The maximum absolute atomic E-state index is 4.34. The Labute approximate surface area is 120 Å². The predicted molar refractivity (Wildman–Crippen MR) is 80.3 cm³/mol. The molecule has 1 aliphatic heterocycles. The third-order valence-electron chi connectivity index (χ3n) is 4.19. The average molecular weight is 270 g/mol. The lowest BCUT2D eigenvalue weighted by Crippen LogP contribution is -2.32. The summed E-state index contributed by atoms with van der Waals surface area (Å²) in [4.78, 5) is 6.87. The van der Waals surface area contributed by atoms with Crippen LogP contribution in [0.2, 0.25) is 0 Å². The zero-order valence-electron chi connectivity index (χ0n) is 12.3. The highest BCUT2D eigenvalue weighted by atomic mass is 15.3. The van der Waals surface area contributed by atoms with Crippen molar-refractivity contribution in [3.8, 4) is 11.4 Å². The molecule has 1 aromatic carbocycles. The Morgan fingerprint density at radius 3 is 2.35 bits per heavy atom. The Morgan fingerprint density at radius 2 is 1.75 bits per heavy atom. The van der Waals surface area contributed by atoms with Crippen LogP contribution in [0.15, 0.2) is 30.6 Å². The van der Waals surface area contributed by atoms with Crippen molar-refractivity contribution >= 4 is 0 Å². The molecule has 1 atom stereocenters. The van der Waals surface area contributed by atoms with Crippen LogP contribution in [0.4, 0.5) is 0 Å². The van der Waals surface area contributed by atoms with Gasteiger partial charge in [0.15, 0.2) is 5.82 Å². The van der Waals surface area contributed by atoms with Crippen LogP contribution in [0.1, 0.15) is 37.8 Å². The van der Waals surface area contributed by atoms with Gasteiger partial charge in [0.2, 0.25) is 0 Å². The summed E-state index contributed by atoms with van der Waals surface area (Å²) in [5.74, 6) is 0.796. The molecule has 4 heteroatoms. The molecular formula is C16H22N4. The summed E-state index contributed by atoms with van der Waals surface area (Å²) in [5, 5.41) is 4.34. The van der Waals surface area contributed by atoms with Gasteiger partial charge in [-0.1, -0.05) is 30.7 Å². The van der Waals surface area contributed by atoms with Crippen LogP contribution in [0.25, 0.3) is 11.4 Å². The Balaban J connectivity index is 1.75. The summed E-state index contributed by atoms with van der Waals surface area (Å²) in [6.07, 6.45) is 5.79. The summed E-state index contributed by atoms with van der Waals surface area (Å²) in [7, 11) is 1.89. The van der Waals surface area contributed by atoms with Crippen molar-refractivity contribution < 1.29 is 0 Å². The first-order valence-corrected chi connectivity index (χ1v) is 7.44. The molecule has 0 bridgehead atoms. The van der Waals surface area contributed by atoms with Crippen LogP contribution in [0.3, 0.4) is 0 Å². The zero-order valence-corrected chi connectivity index (χ0v) is 12.3. The summed E-state index contributed by atoms with van der Waals surface area (Å²) in [6, 6.07) is 9.19. The monoisotopic (exact) mass is 270 g/mol. The van der Waals surface area contributed by atoms with Crippen molar-refractivity contribution in [3.05, 3.63) is 36.2 Å². The lowest BCUT2D eigenvalue weighted by molar-refractivity contribution is 0.175. The van der Waals surface area contributed by atoms with Gasteiger partial charge in [-0.05, 0) is 38.4 Å². The fourth-order valence-electron chi connectivity index (χ4n) is 2.90. The van der Waals surface area contributed by atoms with Gasteiger partial charge in [-0.15, -0.1) is 0 Å². The Kier molecular flexibility index (Phi) is 3.83. The molecule has 1 saturated heterocycles. The van der Waals surface area contributed by atoms with Gasteiger partial charge in [-0.25, -0.2) is 4.98 Å². The minimum atomic E-state index is 0.501. The number of aryl methyl sites for hydroxylation is 1. The topological polar surface area (TPSA) is 34.0 Å².